The van der Waals surface area contributed by atoms with E-state index in [0.29, 0.717) is 6.04 Å². The van der Waals surface area contributed by atoms with Crippen molar-refractivity contribution in [1.82, 2.24) is 5.32 Å². The molecule has 0 spiro atoms. The Hall–Kier alpha value is -1.32. The maximum atomic E-state index is 5.20. The molecular weight excluding hydrogens is 266 g/mol. The second-order valence-corrected chi connectivity index (χ2v) is 5.75. The number of hydrogen-bond acceptors (Lipinski definition) is 3. The van der Waals surface area contributed by atoms with Crippen LogP contribution in [-0.4, -0.2) is 13.7 Å². The van der Waals surface area contributed by atoms with Crippen molar-refractivity contribution in [3.63, 3.8) is 0 Å². The molecule has 1 atom stereocenters. The molecule has 2 rings (SSSR count). The quantitative estimate of drug-likeness (QED) is 0.818. The molecule has 0 aliphatic carbocycles. The van der Waals surface area contributed by atoms with E-state index in [2.05, 4.69) is 42.1 Å². The molecule has 3 heteroatoms. The van der Waals surface area contributed by atoms with Gasteiger partial charge in [0, 0.05) is 6.04 Å². The molecule has 0 aliphatic heterocycles. The zero-order valence-corrected chi connectivity index (χ0v) is 13.3. The van der Waals surface area contributed by atoms with Gasteiger partial charge in [0.15, 0.2) is 0 Å². The lowest BCUT2D eigenvalue weighted by molar-refractivity contribution is 0.414. The summed E-state index contributed by atoms with van der Waals surface area (Å²) in [6.07, 6.45) is 2.20. The number of benzene rings is 1. The van der Waals surface area contributed by atoms with E-state index in [1.165, 1.54) is 16.7 Å². The molecule has 2 nitrogen and oxygen atoms in total. The summed E-state index contributed by atoms with van der Waals surface area (Å²) in [6, 6.07) is 8.83. The fourth-order valence-electron chi connectivity index (χ4n) is 2.44. The normalized spacial score (nSPS) is 12.3. The van der Waals surface area contributed by atoms with Crippen molar-refractivity contribution < 1.29 is 4.74 Å². The molecule has 0 amide bonds. The summed E-state index contributed by atoms with van der Waals surface area (Å²) in [7, 11) is 1.70. The molecule has 1 aromatic carbocycles. The minimum absolute atomic E-state index is 0.452. The van der Waals surface area contributed by atoms with Crippen molar-refractivity contribution in [2.24, 2.45) is 0 Å². The summed E-state index contributed by atoms with van der Waals surface area (Å²) in [5.41, 5.74) is 4.21. The first-order valence-electron chi connectivity index (χ1n) is 7.13. The summed E-state index contributed by atoms with van der Waals surface area (Å²) in [4.78, 5) is 0. The van der Waals surface area contributed by atoms with Crippen molar-refractivity contribution in [3.05, 3.63) is 51.7 Å². The molecule has 0 aliphatic rings. The minimum Gasteiger partial charge on any atom is -0.497 e. The van der Waals surface area contributed by atoms with Gasteiger partial charge in [-0.05, 0) is 65.9 Å². The molecular formula is C17H23NOS. The summed E-state index contributed by atoms with van der Waals surface area (Å²) >= 11 is 1.79. The van der Waals surface area contributed by atoms with Crippen LogP contribution in [0.2, 0.25) is 0 Å². The van der Waals surface area contributed by atoms with E-state index in [0.717, 1.165) is 25.1 Å². The Morgan fingerprint density at radius 3 is 2.50 bits per heavy atom. The van der Waals surface area contributed by atoms with Gasteiger partial charge >= 0.3 is 0 Å². The number of aryl methyl sites for hydroxylation is 2. The van der Waals surface area contributed by atoms with Crippen LogP contribution in [0.4, 0.5) is 0 Å². The smallest absolute Gasteiger partial charge is 0.118 e. The highest BCUT2D eigenvalue weighted by Crippen LogP contribution is 2.26. The molecule has 20 heavy (non-hydrogen) atoms. The molecule has 1 aromatic heterocycles. The van der Waals surface area contributed by atoms with Gasteiger partial charge in [0.1, 0.15) is 5.75 Å². The summed E-state index contributed by atoms with van der Waals surface area (Å²) in [5.74, 6) is 0.922. The third-order valence-corrected chi connectivity index (χ3v) is 4.48. The maximum absolute atomic E-state index is 5.20. The standard InChI is InChI=1S/C17H23NOS/c1-4-18-17(16-12-20-11-13(16)2)10-7-14-5-8-15(19-3)9-6-14/h5-6,8-9,11-12,17-18H,4,7,10H2,1-3H3. The van der Waals surface area contributed by atoms with E-state index in [-0.39, 0.29) is 0 Å². The Labute approximate surface area is 125 Å². The lowest BCUT2D eigenvalue weighted by Gasteiger charge is -2.18. The Morgan fingerprint density at radius 2 is 1.95 bits per heavy atom. The van der Waals surface area contributed by atoms with Crippen molar-refractivity contribution in [3.8, 4) is 5.75 Å². The van der Waals surface area contributed by atoms with E-state index >= 15 is 0 Å². The molecule has 108 valence electrons. The van der Waals surface area contributed by atoms with Gasteiger partial charge in [-0.3, -0.25) is 0 Å². The van der Waals surface area contributed by atoms with Gasteiger partial charge in [0.2, 0.25) is 0 Å². The highest BCUT2D eigenvalue weighted by Gasteiger charge is 2.13. The maximum Gasteiger partial charge on any atom is 0.118 e. The van der Waals surface area contributed by atoms with Crippen LogP contribution in [0.1, 0.15) is 36.1 Å². The molecule has 0 fully saturated rings. The zero-order valence-electron chi connectivity index (χ0n) is 12.5. The van der Waals surface area contributed by atoms with Crippen LogP contribution in [0, 0.1) is 6.92 Å². The number of thiophene rings is 1. The van der Waals surface area contributed by atoms with Crippen LogP contribution in [0.15, 0.2) is 35.0 Å². The van der Waals surface area contributed by atoms with Gasteiger partial charge in [-0.1, -0.05) is 19.1 Å². The highest BCUT2D eigenvalue weighted by atomic mass is 32.1. The van der Waals surface area contributed by atoms with Crippen molar-refractivity contribution in [2.45, 2.75) is 32.7 Å². The molecule has 0 saturated carbocycles. The van der Waals surface area contributed by atoms with Gasteiger partial charge in [-0.25, -0.2) is 0 Å². The minimum atomic E-state index is 0.452. The van der Waals surface area contributed by atoms with Crippen molar-refractivity contribution in [2.75, 3.05) is 13.7 Å². The van der Waals surface area contributed by atoms with Crippen molar-refractivity contribution in [1.29, 1.82) is 0 Å². The van der Waals surface area contributed by atoms with Gasteiger partial charge in [-0.2, -0.15) is 11.3 Å². The number of ether oxygens (including phenoxy) is 1. The second-order valence-electron chi connectivity index (χ2n) is 5.01. The van der Waals surface area contributed by atoms with E-state index in [4.69, 9.17) is 4.74 Å². The number of methoxy groups -OCH3 is 1. The first-order chi connectivity index (χ1) is 9.74. The second kappa shape index (κ2) is 7.46. The number of rotatable bonds is 7. The van der Waals surface area contributed by atoms with Gasteiger partial charge < -0.3 is 10.1 Å². The molecule has 0 saturated heterocycles. The Morgan fingerprint density at radius 1 is 1.20 bits per heavy atom. The van der Waals surface area contributed by atoms with Gasteiger partial charge in [0.05, 0.1) is 7.11 Å². The summed E-state index contributed by atoms with van der Waals surface area (Å²) in [5, 5.41) is 8.10. The molecule has 1 heterocycles. The summed E-state index contributed by atoms with van der Waals surface area (Å²) < 4.78 is 5.20. The topological polar surface area (TPSA) is 21.3 Å². The Balaban J connectivity index is 2.00. The fraction of sp³-hybridized carbons (Fsp3) is 0.412. The Bertz CT molecular complexity index is 518. The Kier molecular flexibility index (Phi) is 5.62. The number of nitrogens with one attached hydrogen (secondary N) is 1. The monoisotopic (exact) mass is 289 g/mol. The molecule has 2 aromatic rings. The molecule has 0 radical (unpaired) electrons. The van der Waals surface area contributed by atoms with Crippen LogP contribution >= 0.6 is 11.3 Å². The first-order valence-corrected chi connectivity index (χ1v) is 8.08. The average molecular weight is 289 g/mol. The highest BCUT2D eigenvalue weighted by molar-refractivity contribution is 7.08. The van der Waals surface area contributed by atoms with Crippen LogP contribution in [0.3, 0.4) is 0 Å². The summed E-state index contributed by atoms with van der Waals surface area (Å²) in [6.45, 7) is 5.37. The van der Waals surface area contributed by atoms with Crippen LogP contribution in [0.25, 0.3) is 0 Å². The van der Waals surface area contributed by atoms with E-state index in [9.17, 15) is 0 Å². The predicted molar refractivity (Wildman–Crippen MR) is 86.8 cm³/mol. The van der Waals surface area contributed by atoms with E-state index in [1.54, 1.807) is 18.4 Å². The molecule has 0 bridgehead atoms. The van der Waals surface area contributed by atoms with Crippen LogP contribution < -0.4 is 10.1 Å². The lowest BCUT2D eigenvalue weighted by Crippen LogP contribution is -2.21. The first kappa shape index (κ1) is 15.1. The average Bonchev–Trinajstić information content (AvgIpc) is 2.90. The van der Waals surface area contributed by atoms with Gasteiger partial charge in [-0.15, -0.1) is 0 Å². The SMILES string of the molecule is CCNC(CCc1ccc(OC)cc1)c1cscc1C. The zero-order chi connectivity index (χ0) is 14.4. The van der Waals surface area contributed by atoms with Crippen LogP contribution in [0.5, 0.6) is 5.75 Å². The fourth-order valence-corrected chi connectivity index (χ4v) is 3.35. The molecule has 1 unspecified atom stereocenters. The van der Waals surface area contributed by atoms with Crippen LogP contribution in [-0.2, 0) is 6.42 Å². The molecule has 1 N–H and O–H groups in total. The third-order valence-electron chi connectivity index (χ3n) is 3.60. The van der Waals surface area contributed by atoms with Crippen molar-refractivity contribution >= 4 is 11.3 Å². The predicted octanol–water partition coefficient (Wildman–Crippen LogP) is 4.35. The van der Waals surface area contributed by atoms with Gasteiger partial charge in [0.25, 0.3) is 0 Å². The van der Waals surface area contributed by atoms with E-state index < -0.39 is 0 Å². The number of hydrogen-bond donors (Lipinski definition) is 1. The largest absolute Gasteiger partial charge is 0.497 e. The lowest BCUT2D eigenvalue weighted by atomic mass is 9.98. The third kappa shape index (κ3) is 3.84. The van der Waals surface area contributed by atoms with E-state index in [1.807, 2.05) is 12.1 Å².